The number of thiazole rings is 1. The molecular weight excluding hydrogens is 1200 g/mol. The molecule has 6 N–H and O–H groups in total. The molecule has 16 heteroatoms. The van der Waals surface area contributed by atoms with Crippen LogP contribution < -0.4 is 25.9 Å². The topological polar surface area (TPSA) is 214 Å². The van der Waals surface area contributed by atoms with E-state index in [0.29, 0.717) is 22.2 Å². The normalized spacial score (nSPS) is 11.9. The van der Waals surface area contributed by atoms with E-state index in [9.17, 15) is 14.7 Å². The third kappa shape index (κ3) is 22.7. The summed E-state index contributed by atoms with van der Waals surface area (Å²) in [5.74, 6) is 1.46. The fraction of sp³-hybridized carbons (Fsp3) is 0.418. The third-order valence-corrected chi connectivity index (χ3v) is 16.7. The van der Waals surface area contributed by atoms with Crippen LogP contribution in [0.2, 0.25) is 0 Å². The summed E-state index contributed by atoms with van der Waals surface area (Å²) in [6, 6.07) is 40.4. The van der Waals surface area contributed by atoms with Crippen molar-refractivity contribution in [2.75, 3.05) is 31.9 Å². The number of nitrogens with two attached hydrogens (primary N) is 1. The molecule has 0 radical (unpaired) electrons. The number of H-pyrrole nitrogens is 3. The first-order chi connectivity index (χ1) is 43.8. The molecule has 0 saturated carbocycles. The number of anilines is 2. The second-order valence-electron chi connectivity index (χ2n) is 31.1. The number of nitrogens with zero attached hydrogens (tertiary/aromatic N) is 5. The highest BCUT2D eigenvalue weighted by atomic mass is 32.1. The zero-order chi connectivity index (χ0) is 71.4. The quantitative estimate of drug-likeness (QED) is 0.112. The molecule has 5 aromatic heterocycles. The van der Waals surface area contributed by atoms with Crippen LogP contribution in [0.15, 0.2) is 149 Å². The Labute approximate surface area is 568 Å². The monoisotopic (exact) mass is 1310 g/mol. The average molecular weight is 1310 g/mol. The number of methoxy groups -OCH3 is 2. The largest absolute Gasteiger partial charge is 0.508 e. The van der Waals surface area contributed by atoms with E-state index in [0.717, 1.165) is 44.6 Å². The van der Waals surface area contributed by atoms with Crippen LogP contribution in [-0.4, -0.2) is 67.6 Å². The van der Waals surface area contributed by atoms with Crippen molar-refractivity contribution >= 4 is 71.3 Å². The number of pyridine rings is 1. The lowest BCUT2D eigenvalue weighted by Crippen LogP contribution is -2.22. The third-order valence-electron chi connectivity index (χ3n) is 15.8. The summed E-state index contributed by atoms with van der Waals surface area (Å²) in [7, 11) is 5.03. The van der Waals surface area contributed by atoms with Gasteiger partial charge in [-0.05, 0) is 157 Å². The van der Waals surface area contributed by atoms with Gasteiger partial charge in [-0.3, -0.25) is 14.8 Å². The number of phenols is 1. The zero-order valence-electron chi connectivity index (χ0n) is 61.5. The lowest BCUT2D eigenvalue weighted by atomic mass is 9.86. The summed E-state index contributed by atoms with van der Waals surface area (Å²) in [5.41, 5.74) is 22.9. The number of amides is 1. The molecule has 510 valence electrons. The van der Waals surface area contributed by atoms with E-state index < -0.39 is 5.76 Å². The number of carbonyl (C=O) groups is 1. The summed E-state index contributed by atoms with van der Waals surface area (Å²) in [5, 5.41) is 22.4. The number of nitrogen functional groups attached to an aromatic ring is 1. The van der Waals surface area contributed by atoms with Crippen molar-refractivity contribution in [1.82, 2.24) is 35.3 Å². The van der Waals surface area contributed by atoms with E-state index in [-0.39, 0.29) is 43.8 Å². The number of aryl methyl sites for hydroxylation is 1. The Bertz CT molecular complexity index is 4330. The molecule has 0 atom stereocenters. The number of aromatic amines is 3. The minimum Gasteiger partial charge on any atom is -0.508 e. The molecule has 0 spiro atoms. The predicted molar refractivity (Wildman–Crippen MR) is 400 cm³/mol. The Morgan fingerprint density at radius 1 is 0.547 bits per heavy atom. The summed E-state index contributed by atoms with van der Waals surface area (Å²) in [6.07, 6.45) is 5.72. The van der Waals surface area contributed by atoms with Crippen LogP contribution in [0.5, 0.6) is 17.2 Å². The van der Waals surface area contributed by atoms with Gasteiger partial charge in [-0.15, -0.1) is 0 Å². The van der Waals surface area contributed by atoms with Gasteiger partial charge in [-0.25, -0.2) is 9.78 Å². The van der Waals surface area contributed by atoms with Crippen molar-refractivity contribution in [1.29, 1.82) is 0 Å². The van der Waals surface area contributed by atoms with Crippen LogP contribution in [0.25, 0.3) is 43.3 Å². The van der Waals surface area contributed by atoms with E-state index in [1.165, 1.54) is 49.0 Å². The zero-order valence-corrected chi connectivity index (χ0v) is 62.3. The highest BCUT2D eigenvalue weighted by Gasteiger charge is 2.22. The molecule has 6 aromatic carbocycles. The first-order valence-electron chi connectivity index (χ1n) is 32.2. The number of benzene rings is 6. The fourth-order valence-electron chi connectivity index (χ4n) is 9.56. The molecule has 0 bridgehead atoms. The van der Waals surface area contributed by atoms with Gasteiger partial charge in [0.05, 0.1) is 36.1 Å². The lowest BCUT2D eigenvalue weighted by Gasteiger charge is -2.21. The van der Waals surface area contributed by atoms with Crippen LogP contribution >= 0.6 is 11.3 Å². The van der Waals surface area contributed by atoms with Crippen LogP contribution in [-0.2, 0) is 42.7 Å². The van der Waals surface area contributed by atoms with Gasteiger partial charge in [0.2, 0.25) is 5.91 Å². The number of nitrogens with one attached hydrogen (secondary N) is 3. The summed E-state index contributed by atoms with van der Waals surface area (Å²) >= 11 is 1.55. The van der Waals surface area contributed by atoms with E-state index in [1.54, 1.807) is 56.7 Å². The Kier molecular flexibility index (Phi) is 25.3. The molecule has 0 saturated heterocycles. The smallest absolute Gasteiger partial charge is 0.417 e. The molecule has 0 aliphatic rings. The summed E-state index contributed by atoms with van der Waals surface area (Å²) in [4.78, 5) is 38.0. The number of aromatic hydroxyl groups is 1. The maximum Gasteiger partial charge on any atom is 0.417 e. The van der Waals surface area contributed by atoms with Crippen molar-refractivity contribution in [2.24, 2.45) is 0 Å². The first kappa shape index (κ1) is 76.9. The number of carbonyl (C=O) groups excluding carboxylic acids is 1. The maximum absolute atomic E-state index is 11.2. The van der Waals surface area contributed by atoms with Crippen molar-refractivity contribution in [3.63, 3.8) is 0 Å². The number of oxazole rings is 1. The van der Waals surface area contributed by atoms with Crippen LogP contribution in [0.3, 0.4) is 0 Å². The van der Waals surface area contributed by atoms with Crippen LogP contribution in [0.4, 0.5) is 10.8 Å². The van der Waals surface area contributed by atoms with Crippen LogP contribution in [0, 0.1) is 6.92 Å². The van der Waals surface area contributed by atoms with E-state index in [1.807, 2.05) is 66.9 Å². The molecule has 0 aliphatic carbocycles. The van der Waals surface area contributed by atoms with E-state index in [4.69, 9.17) is 19.6 Å². The molecule has 0 fully saturated rings. The van der Waals surface area contributed by atoms with E-state index >= 15 is 0 Å². The molecule has 1 amide bonds. The Balaban J connectivity index is 0.000000201. The molecule has 0 unspecified atom stereocenters. The molecular formula is C79H107N9O6S. The van der Waals surface area contributed by atoms with Crippen molar-refractivity contribution in [2.45, 2.75) is 197 Å². The molecule has 95 heavy (non-hydrogen) atoms. The maximum atomic E-state index is 11.2. The minimum atomic E-state index is -0.397. The highest BCUT2D eigenvalue weighted by molar-refractivity contribution is 7.22. The SMILES string of the molecule is CC(=O)N(C)c1ccc(C(C)(C)C)cc1.CC(C)(C)c1ccc2[nH]c(=O)oc2c1.CC(C)(C)c1ccc2n[nH]nc2c1.CC(C)(C)c1ccc2nc(N)sc2c1.COc1ccc(C(C)(C)C)c(O)c1.COc1cncc(C(C)(C)C)c1.Cc1ccc2[nH]cc(C(C)(C)C)c2c1. The first-order valence-corrected chi connectivity index (χ1v) is 33.0. The molecule has 15 nitrogen and oxygen atoms in total. The molecule has 0 aliphatic heterocycles. The van der Waals surface area contributed by atoms with Gasteiger partial charge in [-0.1, -0.05) is 205 Å². The Morgan fingerprint density at radius 3 is 1.60 bits per heavy atom. The Morgan fingerprint density at radius 2 is 1.06 bits per heavy atom. The van der Waals surface area contributed by atoms with Gasteiger partial charge in [0.1, 0.15) is 28.3 Å². The van der Waals surface area contributed by atoms with Gasteiger partial charge in [0.15, 0.2) is 10.7 Å². The number of ether oxygens (including phenoxy) is 2. The summed E-state index contributed by atoms with van der Waals surface area (Å²) in [6.45, 7) is 49.2. The van der Waals surface area contributed by atoms with Gasteiger partial charge < -0.3 is 34.6 Å². The van der Waals surface area contributed by atoms with Crippen molar-refractivity contribution < 1.29 is 23.8 Å². The van der Waals surface area contributed by atoms with Crippen molar-refractivity contribution in [3.8, 4) is 17.2 Å². The van der Waals surface area contributed by atoms with Crippen molar-refractivity contribution in [3.05, 3.63) is 195 Å². The predicted octanol–water partition coefficient (Wildman–Crippen LogP) is 19.7. The number of phenolic OH excluding ortho intramolecular Hbond substituents is 1. The highest BCUT2D eigenvalue weighted by Crippen LogP contribution is 2.35. The minimum absolute atomic E-state index is 0.0314. The van der Waals surface area contributed by atoms with Gasteiger partial charge in [0, 0.05) is 49.0 Å². The summed E-state index contributed by atoms with van der Waals surface area (Å²) < 4.78 is 16.3. The molecule has 11 aromatic rings. The fourth-order valence-corrected chi connectivity index (χ4v) is 10.3. The standard InChI is InChI=1S/C13H19NO.C13H17N.C11H14N2S.C11H13NO2.C11H16O2.C10H13N3.C10H15NO/c1-10(15)14(5)12-8-6-11(7-9-12)13(2,3)4;1-9-5-6-12-10(7-9)11(8-14-12)13(2,3)4;1-11(2,3)7-4-5-8-9(6-7)14-10(12)13-8;1-11(2,3)7-4-5-8-9(6-7)14-10(13)12-8;1-11(2,3)9-6-5-8(13-4)7-10(9)12;1-10(2,3)7-4-5-8-9(6-7)12-13-11-8;1-10(2,3)8-5-9(12-4)7-11-6-8/h6-9H,1-5H3;5-8,14H,1-4H3;4-6H,1-3H3,(H2,12,13);4-6H,1-3H3,(H,12,13);5-7,12H,1-4H3;4-6H,1-3H3,(H,11,12,13);5-7H,1-4H3. The average Bonchev–Trinajstić information content (AvgIpc) is 1.69. The number of hydrogen-bond donors (Lipinski definition) is 5. The molecule has 5 heterocycles. The number of aromatic nitrogens is 7. The Hall–Kier alpha value is -8.76. The number of fused-ring (bicyclic) bond motifs is 4. The van der Waals surface area contributed by atoms with Gasteiger partial charge in [0.25, 0.3) is 0 Å². The molecule has 11 rings (SSSR count). The van der Waals surface area contributed by atoms with Gasteiger partial charge in [-0.2, -0.15) is 15.4 Å². The second kappa shape index (κ2) is 31.2. The van der Waals surface area contributed by atoms with E-state index in [2.05, 4.69) is 248 Å². The van der Waals surface area contributed by atoms with Crippen LogP contribution in [0.1, 0.15) is 197 Å². The number of rotatable bonds is 3. The van der Waals surface area contributed by atoms with Gasteiger partial charge >= 0.3 is 5.76 Å². The second-order valence-corrected chi connectivity index (χ2v) is 32.2. The lowest BCUT2D eigenvalue weighted by molar-refractivity contribution is -0.116. The number of hydrogen-bond acceptors (Lipinski definition) is 12.